The summed E-state index contributed by atoms with van der Waals surface area (Å²) in [6, 6.07) is 3.87. The predicted octanol–water partition coefficient (Wildman–Crippen LogP) is 0.427. The van der Waals surface area contributed by atoms with E-state index in [0.29, 0.717) is 6.54 Å². The van der Waals surface area contributed by atoms with Gasteiger partial charge in [0.2, 0.25) is 0 Å². The first-order chi connectivity index (χ1) is 5.83. The van der Waals surface area contributed by atoms with Gasteiger partial charge in [-0.2, -0.15) is 5.10 Å². The number of pyridine rings is 1. The van der Waals surface area contributed by atoms with Crippen molar-refractivity contribution in [2.45, 2.75) is 6.54 Å². The molecule has 2 N–H and O–H groups in total. The van der Waals surface area contributed by atoms with Crippen molar-refractivity contribution >= 4 is 11.0 Å². The fourth-order valence-electron chi connectivity index (χ4n) is 1.30. The average molecular weight is 162 g/mol. The second-order valence-electron chi connectivity index (χ2n) is 2.65. The van der Waals surface area contributed by atoms with Gasteiger partial charge >= 0.3 is 0 Å². The topological polar surface area (TPSA) is 56.7 Å². The number of aromatic nitrogens is 3. The largest absolute Gasteiger partial charge is 0.325 e. The molecule has 0 radical (unpaired) electrons. The summed E-state index contributed by atoms with van der Waals surface area (Å²) in [6.45, 7) is 0.439. The Bertz CT molecular complexity index is 404. The summed E-state index contributed by atoms with van der Waals surface area (Å²) in [4.78, 5) is 4.21. The number of hydrogen-bond acceptors (Lipinski definition) is 3. The van der Waals surface area contributed by atoms with Gasteiger partial charge in [0.15, 0.2) is 0 Å². The van der Waals surface area contributed by atoms with Crippen LogP contribution in [0.1, 0.15) is 5.69 Å². The van der Waals surface area contributed by atoms with Gasteiger partial charge < -0.3 is 5.73 Å². The number of fused-ring (bicyclic) bond motifs is 1. The molecule has 12 heavy (non-hydrogen) atoms. The highest BCUT2D eigenvalue weighted by atomic mass is 15.3. The van der Waals surface area contributed by atoms with Crippen molar-refractivity contribution in [2.24, 2.45) is 12.8 Å². The lowest BCUT2D eigenvalue weighted by Crippen LogP contribution is -1.98. The Labute approximate surface area is 70.0 Å². The number of aryl methyl sites for hydroxylation is 1. The first-order valence-electron chi connectivity index (χ1n) is 3.79. The maximum Gasteiger partial charge on any atom is 0.113 e. The monoisotopic (exact) mass is 162 g/mol. The molecule has 0 aliphatic carbocycles. The lowest BCUT2D eigenvalue weighted by Gasteiger charge is -1.89. The first-order valence-corrected chi connectivity index (χ1v) is 3.79. The highest BCUT2D eigenvalue weighted by molar-refractivity contribution is 5.77. The normalized spacial score (nSPS) is 10.8. The minimum absolute atomic E-state index is 0.439. The summed E-state index contributed by atoms with van der Waals surface area (Å²) in [7, 11) is 1.89. The minimum atomic E-state index is 0.439. The standard InChI is InChI=1S/C8H10N4/c1-12-7-3-2-4-10-8(7)6(5-9)11-12/h2-4H,5,9H2,1H3. The maximum atomic E-state index is 5.51. The van der Waals surface area contributed by atoms with E-state index in [-0.39, 0.29) is 0 Å². The van der Waals surface area contributed by atoms with Gasteiger partial charge in [-0.1, -0.05) is 0 Å². The minimum Gasteiger partial charge on any atom is -0.325 e. The maximum absolute atomic E-state index is 5.51. The zero-order valence-electron chi connectivity index (χ0n) is 6.86. The molecule has 2 heterocycles. The van der Waals surface area contributed by atoms with Crippen LogP contribution in [0, 0.1) is 0 Å². The molecule has 2 aromatic rings. The third kappa shape index (κ3) is 0.887. The molecule has 0 bridgehead atoms. The quantitative estimate of drug-likeness (QED) is 0.661. The Morgan fingerprint density at radius 3 is 3.17 bits per heavy atom. The van der Waals surface area contributed by atoms with E-state index in [2.05, 4.69) is 10.1 Å². The molecule has 0 saturated carbocycles. The second-order valence-corrected chi connectivity index (χ2v) is 2.65. The van der Waals surface area contributed by atoms with Gasteiger partial charge in [-0.25, -0.2) is 0 Å². The van der Waals surface area contributed by atoms with Gasteiger partial charge in [-0.05, 0) is 12.1 Å². The van der Waals surface area contributed by atoms with Crippen LogP contribution in [0.3, 0.4) is 0 Å². The van der Waals surface area contributed by atoms with Crippen LogP contribution in [0.5, 0.6) is 0 Å². The molecule has 0 spiro atoms. The molecular formula is C8H10N4. The molecule has 0 amide bonds. The molecule has 2 rings (SSSR count). The second kappa shape index (κ2) is 2.57. The van der Waals surface area contributed by atoms with Gasteiger partial charge in [-0.15, -0.1) is 0 Å². The first kappa shape index (κ1) is 7.24. The van der Waals surface area contributed by atoms with Crippen LogP contribution >= 0.6 is 0 Å². The number of rotatable bonds is 1. The van der Waals surface area contributed by atoms with Gasteiger partial charge in [-0.3, -0.25) is 9.67 Å². The van der Waals surface area contributed by atoms with Crippen LogP contribution in [0.2, 0.25) is 0 Å². The Balaban J connectivity index is 2.82. The number of nitrogens with zero attached hydrogens (tertiary/aromatic N) is 3. The van der Waals surface area contributed by atoms with Crippen LogP contribution in [0.4, 0.5) is 0 Å². The molecule has 2 aromatic heterocycles. The molecular weight excluding hydrogens is 152 g/mol. The van der Waals surface area contributed by atoms with E-state index in [1.807, 2.05) is 19.2 Å². The van der Waals surface area contributed by atoms with Crippen LogP contribution in [-0.2, 0) is 13.6 Å². The summed E-state index contributed by atoms with van der Waals surface area (Å²) < 4.78 is 1.80. The van der Waals surface area contributed by atoms with Gasteiger partial charge in [0, 0.05) is 19.8 Å². The molecule has 0 saturated heterocycles. The van der Waals surface area contributed by atoms with E-state index in [1.54, 1.807) is 10.9 Å². The van der Waals surface area contributed by atoms with Crippen molar-refractivity contribution in [2.75, 3.05) is 0 Å². The lowest BCUT2D eigenvalue weighted by molar-refractivity contribution is 0.766. The summed E-state index contributed by atoms with van der Waals surface area (Å²) in [6.07, 6.45) is 1.75. The Morgan fingerprint density at radius 2 is 2.42 bits per heavy atom. The predicted molar refractivity (Wildman–Crippen MR) is 46.4 cm³/mol. The molecule has 0 unspecified atom stereocenters. The van der Waals surface area contributed by atoms with E-state index in [4.69, 9.17) is 5.73 Å². The zero-order valence-corrected chi connectivity index (χ0v) is 6.86. The fraction of sp³-hybridized carbons (Fsp3) is 0.250. The Kier molecular flexibility index (Phi) is 1.55. The van der Waals surface area contributed by atoms with Crippen LogP contribution in [-0.4, -0.2) is 14.8 Å². The smallest absolute Gasteiger partial charge is 0.113 e. The molecule has 0 fully saturated rings. The highest BCUT2D eigenvalue weighted by Gasteiger charge is 2.05. The van der Waals surface area contributed by atoms with Gasteiger partial charge in [0.1, 0.15) is 11.2 Å². The van der Waals surface area contributed by atoms with Crippen LogP contribution < -0.4 is 5.73 Å². The number of nitrogens with two attached hydrogens (primary N) is 1. The van der Waals surface area contributed by atoms with Crippen molar-refractivity contribution in [3.63, 3.8) is 0 Å². The SMILES string of the molecule is Cn1nc(CN)c2ncccc21. The van der Waals surface area contributed by atoms with E-state index in [9.17, 15) is 0 Å². The molecule has 4 heteroatoms. The Morgan fingerprint density at radius 1 is 1.58 bits per heavy atom. The van der Waals surface area contributed by atoms with Crippen LogP contribution in [0.15, 0.2) is 18.3 Å². The van der Waals surface area contributed by atoms with Crippen molar-refractivity contribution in [3.8, 4) is 0 Å². The molecule has 0 atom stereocenters. The zero-order chi connectivity index (χ0) is 8.55. The molecule has 0 aromatic carbocycles. The number of hydrogen-bond donors (Lipinski definition) is 1. The lowest BCUT2D eigenvalue weighted by atomic mass is 10.3. The van der Waals surface area contributed by atoms with Crippen LogP contribution in [0.25, 0.3) is 11.0 Å². The molecule has 0 aliphatic rings. The third-order valence-electron chi connectivity index (χ3n) is 1.87. The van der Waals surface area contributed by atoms with Gasteiger partial charge in [0.25, 0.3) is 0 Å². The Hall–Kier alpha value is -1.42. The van der Waals surface area contributed by atoms with Gasteiger partial charge in [0.05, 0.1) is 5.52 Å². The van der Waals surface area contributed by atoms with Crippen molar-refractivity contribution < 1.29 is 0 Å². The summed E-state index contributed by atoms with van der Waals surface area (Å²) >= 11 is 0. The highest BCUT2D eigenvalue weighted by Crippen LogP contribution is 2.13. The van der Waals surface area contributed by atoms with E-state index >= 15 is 0 Å². The summed E-state index contributed by atoms with van der Waals surface area (Å²) in [5, 5.41) is 4.24. The molecule has 62 valence electrons. The van der Waals surface area contributed by atoms with Crippen molar-refractivity contribution in [1.82, 2.24) is 14.8 Å². The molecule has 4 nitrogen and oxygen atoms in total. The van der Waals surface area contributed by atoms with E-state index in [1.165, 1.54) is 0 Å². The molecule has 0 aliphatic heterocycles. The third-order valence-corrected chi connectivity index (χ3v) is 1.87. The summed E-state index contributed by atoms with van der Waals surface area (Å²) in [5.41, 5.74) is 8.30. The average Bonchev–Trinajstić information content (AvgIpc) is 2.44. The van der Waals surface area contributed by atoms with Crippen molar-refractivity contribution in [1.29, 1.82) is 0 Å². The van der Waals surface area contributed by atoms with Crippen molar-refractivity contribution in [3.05, 3.63) is 24.0 Å². The van der Waals surface area contributed by atoms with E-state index < -0.39 is 0 Å². The summed E-state index contributed by atoms with van der Waals surface area (Å²) in [5.74, 6) is 0. The fourth-order valence-corrected chi connectivity index (χ4v) is 1.30. The van der Waals surface area contributed by atoms with E-state index in [0.717, 1.165) is 16.7 Å².